The van der Waals surface area contributed by atoms with E-state index in [4.69, 9.17) is 0 Å². The normalized spacial score (nSPS) is 15.4. The SMILES string of the molecule is Cc1cc(N2CCN(C)CC2)ccc1NC(=O)c1ccc(OC(F)(F)F)cc1. The van der Waals surface area contributed by atoms with Crippen LogP contribution in [-0.2, 0) is 0 Å². The Morgan fingerprint density at radius 3 is 2.25 bits per heavy atom. The second-order valence-corrected chi connectivity index (χ2v) is 6.82. The van der Waals surface area contributed by atoms with Crippen molar-refractivity contribution in [3.8, 4) is 5.75 Å². The molecule has 0 atom stereocenters. The molecule has 0 aliphatic carbocycles. The van der Waals surface area contributed by atoms with Gasteiger partial charge in [-0.3, -0.25) is 4.79 Å². The van der Waals surface area contributed by atoms with Gasteiger partial charge in [0.25, 0.3) is 5.91 Å². The number of likely N-dealkylation sites (N-methyl/N-ethyl adjacent to an activating group) is 1. The molecule has 0 spiro atoms. The highest BCUT2D eigenvalue weighted by Gasteiger charge is 2.31. The Hall–Kier alpha value is -2.74. The van der Waals surface area contributed by atoms with Crippen molar-refractivity contribution in [3.05, 3.63) is 53.6 Å². The summed E-state index contributed by atoms with van der Waals surface area (Å²) in [5.41, 5.74) is 2.94. The summed E-state index contributed by atoms with van der Waals surface area (Å²) in [5, 5.41) is 2.80. The van der Waals surface area contributed by atoms with Crippen molar-refractivity contribution >= 4 is 17.3 Å². The lowest BCUT2D eigenvalue weighted by Gasteiger charge is -2.34. The van der Waals surface area contributed by atoms with Gasteiger partial charge in [-0.2, -0.15) is 0 Å². The first kappa shape index (κ1) is 20.0. The fraction of sp³-hybridized carbons (Fsp3) is 0.350. The van der Waals surface area contributed by atoms with Crippen LogP contribution in [0.5, 0.6) is 5.75 Å². The highest BCUT2D eigenvalue weighted by molar-refractivity contribution is 6.04. The number of rotatable bonds is 4. The molecule has 0 saturated carbocycles. The van der Waals surface area contributed by atoms with E-state index in [0.717, 1.165) is 49.6 Å². The number of nitrogens with one attached hydrogen (secondary N) is 1. The molecule has 1 heterocycles. The number of piperazine rings is 1. The van der Waals surface area contributed by atoms with Crippen molar-refractivity contribution in [3.63, 3.8) is 0 Å². The summed E-state index contributed by atoms with van der Waals surface area (Å²) < 4.78 is 40.4. The first-order chi connectivity index (χ1) is 13.2. The van der Waals surface area contributed by atoms with Crippen LogP contribution in [0, 0.1) is 6.92 Å². The van der Waals surface area contributed by atoms with E-state index in [0.29, 0.717) is 5.69 Å². The number of aryl methyl sites for hydroxylation is 1. The van der Waals surface area contributed by atoms with E-state index in [1.54, 1.807) is 0 Å². The number of benzene rings is 2. The van der Waals surface area contributed by atoms with Crippen molar-refractivity contribution in [1.82, 2.24) is 4.90 Å². The second kappa shape index (κ2) is 8.10. The molecule has 1 aliphatic rings. The molecule has 150 valence electrons. The predicted octanol–water partition coefficient (Wildman–Crippen LogP) is 3.90. The van der Waals surface area contributed by atoms with E-state index in [9.17, 15) is 18.0 Å². The minimum Gasteiger partial charge on any atom is -0.406 e. The zero-order valence-electron chi connectivity index (χ0n) is 15.7. The Morgan fingerprint density at radius 2 is 1.68 bits per heavy atom. The fourth-order valence-electron chi connectivity index (χ4n) is 3.05. The zero-order chi connectivity index (χ0) is 20.3. The molecule has 1 N–H and O–H groups in total. The number of anilines is 2. The maximum Gasteiger partial charge on any atom is 0.573 e. The third-order valence-electron chi connectivity index (χ3n) is 4.68. The summed E-state index contributed by atoms with van der Waals surface area (Å²) >= 11 is 0. The highest BCUT2D eigenvalue weighted by Crippen LogP contribution is 2.25. The van der Waals surface area contributed by atoms with E-state index in [2.05, 4.69) is 26.9 Å². The maximum absolute atomic E-state index is 12.4. The average Bonchev–Trinajstić information content (AvgIpc) is 2.63. The lowest BCUT2D eigenvalue weighted by atomic mass is 10.1. The van der Waals surface area contributed by atoms with Crippen molar-refractivity contribution in [2.75, 3.05) is 43.4 Å². The molecule has 5 nitrogen and oxygen atoms in total. The van der Waals surface area contributed by atoms with Crippen LogP contribution in [0.4, 0.5) is 24.5 Å². The van der Waals surface area contributed by atoms with Crippen LogP contribution in [0.1, 0.15) is 15.9 Å². The third kappa shape index (κ3) is 5.16. The van der Waals surface area contributed by atoms with Gasteiger partial charge in [0.1, 0.15) is 5.75 Å². The summed E-state index contributed by atoms with van der Waals surface area (Å²) in [5.74, 6) is -0.759. The van der Waals surface area contributed by atoms with Gasteiger partial charge in [0, 0.05) is 43.1 Å². The molecule has 0 aromatic heterocycles. The molecule has 1 aliphatic heterocycles. The maximum atomic E-state index is 12.4. The Morgan fingerprint density at radius 1 is 1.04 bits per heavy atom. The standard InChI is InChI=1S/C20H22F3N3O2/c1-14-13-16(26-11-9-25(2)10-12-26)5-8-18(14)24-19(27)15-3-6-17(7-4-15)28-20(21,22)23/h3-8,13H,9-12H2,1-2H3,(H,24,27). The molecule has 28 heavy (non-hydrogen) atoms. The third-order valence-corrected chi connectivity index (χ3v) is 4.68. The first-order valence-corrected chi connectivity index (χ1v) is 8.92. The van der Waals surface area contributed by atoms with Gasteiger partial charge in [0.15, 0.2) is 0 Å². The van der Waals surface area contributed by atoms with Crippen LogP contribution < -0.4 is 15.0 Å². The number of carbonyl (C=O) groups is 1. The molecule has 2 aromatic rings. The van der Waals surface area contributed by atoms with Crippen LogP contribution in [0.15, 0.2) is 42.5 Å². The Labute approximate surface area is 161 Å². The van der Waals surface area contributed by atoms with E-state index in [1.165, 1.54) is 12.1 Å². The minimum atomic E-state index is -4.76. The van der Waals surface area contributed by atoms with E-state index < -0.39 is 12.3 Å². The van der Waals surface area contributed by atoms with Crippen LogP contribution in [0.3, 0.4) is 0 Å². The Bertz CT molecular complexity index is 830. The lowest BCUT2D eigenvalue weighted by molar-refractivity contribution is -0.274. The fourth-order valence-corrected chi connectivity index (χ4v) is 3.05. The van der Waals surface area contributed by atoms with Crippen LogP contribution in [-0.4, -0.2) is 50.4 Å². The molecule has 3 rings (SSSR count). The molecular formula is C20H22F3N3O2. The van der Waals surface area contributed by atoms with Gasteiger partial charge >= 0.3 is 6.36 Å². The summed E-state index contributed by atoms with van der Waals surface area (Å²) in [4.78, 5) is 17.0. The van der Waals surface area contributed by atoms with Gasteiger partial charge in [0.2, 0.25) is 0 Å². The summed E-state index contributed by atoms with van der Waals surface area (Å²) in [6, 6.07) is 10.7. The van der Waals surface area contributed by atoms with Gasteiger partial charge in [0.05, 0.1) is 0 Å². The average molecular weight is 393 g/mol. The number of alkyl halides is 3. The largest absolute Gasteiger partial charge is 0.573 e. The van der Waals surface area contributed by atoms with Crippen LogP contribution in [0.25, 0.3) is 0 Å². The zero-order valence-corrected chi connectivity index (χ0v) is 15.7. The quantitative estimate of drug-likeness (QED) is 0.856. The lowest BCUT2D eigenvalue weighted by Crippen LogP contribution is -2.44. The van der Waals surface area contributed by atoms with Crippen molar-refractivity contribution in [2.45, 2.75) is 13.3 Å². The number of hydrogen-bond acceptors (Lipinski definition) is 4. The van der Waals surface area contributed by atoms with E-state index in [1.807, 2.05) is 25.1 Å². The van der Waals surface area contributed by atoms with Crippen molar-refractivity contribution in [1.29, 1.82) is 0 Å². The molecule has 1 fully saturated rings. The number of halogens is 3. The summed E-state index contributed by atoms with van der Waals surface area (Å²) in [6.07, 6.45) is -4.76. The number of hydrogen-bond donors (Lipinski definition) is 1. The number of carbonyl (C=O) groups excluding carboxylic acids is 1. The smallest absolute Gasteiger partial charge is 0.406 e. The Balaban J connectivity index is 1.65. The van der Waals surface area contributed by atoms with Gasteiger partial charge in [-0.15, -0.1) is 13.2 Å². The molecule has 8 heteroatoms. The topological polar surface area (TPSA) is 44.8 Å². The highest BCUT2D eigenvalue weighted by atomic mass is 19.4. The first-order valence-electron chi connectivity index (χ1n) is 8.92. The van der Waals surface area contributed by atoms with Gasteiger partial charge in [-0.25, -0.2) is 0 Å². The summed E-state index contributed by atoms with van der Waals surface area (Å²) in [7, 11) is 2.10. The Kier molecular flexibility index (Phi) is 5.79. The summed E-state index contributed by atoms with van der Waals surface area (Å²) in [6.45, 7) is 5.83. The molecule has 0 radical (unpaired) electrons. The van der Waals surface area contributed by atoms with E-state index >= 15 is 0 Å². The molecule has 2 aromatic carbocycles. The van der Waals surface area contributed by atoms with E-state index in [-0.39, 0.29) is 11.3 Å². The molecule has 1 saturated heterocycles. The monoisotopic (exact) mass is 393 g/mol. The van der Waals surface area contributed by atoms with Crippen molar-refractivity contribution in [2.24, 2.45) is 0 Å². The van der Waals surface area contributed by atoms with Crippen LogP contribution >= 0.6 is 0 Å². The second-order valence-electron chi connectivity index (χ2n) is 6.82. The molecule has 1 amide bonds. The minimum absolute atomic E-state index is 0.247. The number of amides is 1. The molecule has 0 unspecified atom stereocenters. The van der Waals surface area contributed by atoms with Gasteiger partial charge in [-0.05, 0) is 62.0 Å². The number of nitrogens with zero attached hydrogens (tertiary/aromatic N) is 2. The van der Waals surface area contributed by atoms with Gasteiger partial charge < -0.3 is 19.9 Å². The van der Waals surface area contributed by atoms with Crippen LogP contribution in [0.2, 0.25) is 0 Å². The van der Waals surface area contributed by atoms with Gasteiger partial charge in [-0.1, -0.05) is 0 Å². The molecular weight excluding hydrogens is 371 g/mol. The predicted molar refractivity (Wildman–Crippen MR) is 102 cm³/mol. The van der Waals surface area contributed by atoms with Crippen molar-refractivity contribution < 1.29 is 22.7 Å². The molecule has 0 bridgehead atoms. The number of ether oxygens (including phenoxy) is 1.